The van der Waals surface area contributed by atoms with Gasteiger partial charge < -0.3 is 5.73 Å². The van der Waals surface area contributed by atoms with Crippen LogP contribution in [0.1, 0.15) is 25.1 Å². The first kappa shape index (κ1) is 10.8. The molecular weight excluding hydrogens is 200 g/mol. The third-order valence-corrected chi connectivity index (χ3v) is 2.55. The molecule has 0 amide bonds. The summed E-state index contributed by atoms with van der Waals surface area (Å²) in [7, 11) is 0. The molecule has 2 aromatic rings. The number of para-hydroxylation sites is 1. The summed E-state index contributed by atoms with van der Waals surface area (Å²) in [6.45, 7) is 5.94. The van der Waals surface area contributed by atoms with E-state index in [9.17, 15) is 0 Å². The van der Waals surface area contributed by atoms with Gasteiger partial charge in [-0.1, -0.05) is 23.4 Å². The SMILES string of the molecule is Cc1ccccc1-n1nncc1C(C)(C)N. The maximum atomic E-state index is 6.09. The Balaban J connectivity index is 2.58. The molecule has 0 atom stereocenters. The Labute approximate surface area is 95.1 Å². The van der Waals surface area contributed by atoms with Gasteiger partial charge in [0.25, 0.3) is 0 Å². The first-order chi connectivity index (χ1) is 7.50. The monoisotopic (exact) mass is 216 g/mol. The highest BCUT2D eigenvalue weighted by Gasteiger charge is 2.21. The van der Waals surface area contributed by atoms with Gasteiger partial charge in [-0.2, -0.15) is 0 Å². The molecule has 1 aromatic heterocycles. The van der Waals surface area contributed by atoms with Gasteiger partial charge in [-0.25, -0.2) is 4.68 Å². The van der Waals surface area contributed by atoms with Crippen LogP contribution in [0.25, 0.3) is 5.69 Å². The molecular formula is C12H16N4. The molecule has 16 heavy (non-hydrogen) atoms. The van der Waals surface area contributed by atoms with Crippen molar-refractivity contribution in [1.29, 1.82) is 0 Å². The highest BCUT2D eigenvalue weighted by molar-refractivity contribution is 5.40. The van der Waals surface area contributed by atoms with Gasteiger partial charge in [-0.15, -0.1) is 5.10 Å². The van der Waals surface area contributed by atoms with Gasteiger partial charge in [0.05, 0.1) is 23.1 Å². The van der Waals surface area contributed by atoms with E-state index >= 15 is 0 Å². The van der Waals surface area contributed by atoms with E-state index in [0.29, 0.717) is 0 Å². The van der Waals surface area contributed by atoms with Crippen LogP contribution in [0.2, 0.25) is 0 Å². The summed E-state index contributed by atoms with van der Waals surface area (Å²) >= 11 is 0. The molecule has 0 aliphatic heterocycles. The predicted molar refractivity (Wildman–Crippen MR) is 63.3 cm³/mol. The van der Waals surface area contributed by atoms with Crippen molar-refractivity contribution in [2.45, 2.75) is 26.3 Å². The van der Waals surface area contributed by atoms with Crippen LogP contribution in [0.5, 0.6) is 0 Å². The molecule has 0 saturated heterocycles. The summed E-state index contributed by atoms with van der Waals surface area (Å²) in [5.74, 6) is 0. The van der Waals surface area contributed by atoms with Crippen LogP contribution in [0, 0.1) is 6.92 Å². The average molecular weight is 216 g/mol. The fourth-order valence-corrected chi connectivity index (χ4v) is 1.65. The Morgan fingerprint density at radius 2 is 1.94 bits per heavy atom. The second kappa shape index (κ2) is 3.72. The standard InChI is InChI=1S/C12H16N4/c1-9-6-4-5-7-10(9)16-11(8-14-15-16)12(2,3)13/h4-8H,13H2,1-3H3. The molecule has 2 rings (SSSR count). The Hall–Kier alpha value is -1.68. The topological polar surface area (TPSA) is 56.7 Å². The zero-order chi connectivity index (χ0) is 11.8. The summed E-state index contributed by atoms with van der Waals surface area (Å²) < 4.78 is 1.80. The van der Waals surface area contributed by atoms with Crippen molar-refractivity contribution < 1.29 is 0 Å². The van der Waals surface area contributed by atoms with Gasteiger partial charge in [0.2, 0.25) is 0 Å². The molecule has 0 aliphatic carbocycles. The smallest absolute Gasteiger partial charge is 0.0838 e. The number of benzene rings is 1. The molecule has 0 bridgehead atoms. The van der Waals surface area contributed by atoms with E-state index in [1.807, 2.05) is 45.0 Å². The highest BCUT2D eigenvalue weighted by atomic mass is 15.4. The van der Waals surface area contributed by atoms with Crippen molar-refractivity contribution in [3.63, 3.8) is 0 Å². The molecule has 0 saturated carbocycles. The maximum Gasteiger partial charge on any atom is 0.0838 e. The Morgan fingerprint density at radius 1 is 1.25 bits per heavy atom. The number of nitrogens with two attached hydrogens (primary N) is 1. The zero-order valence-corrected chi connectivity index (χ0v) is 9.81. The van der Waals surface area contributed by atoms with Crippen LogP contribution >= 0.6 is 0 Å². The second-order valence-electron chi connectivity index (χ2n) is 4.54. The molecule has 4 nitrogen and oxygen atoms in total. The fraction of sp³-hybridized carbons (Fsp3) is 0.333. The van der Waals surface area contributed by atoms with Crippen LogP contribution in [0.4, 0.5) is 0 Å². The largest absolute Gasteiger partial charge is 0.321 e. The van der Waals surface area contributed by atoms with Crippen LogP contribution in [0.15, 0.2) is 30.5 Å². The summed E-state index contributed by atoms with van der Waals surface area (Å²) in [6, 6.07) is 8.05. The summed E-state index contributed by atoms with van der Waals surface area (Å²) in [5.41, 5.74) is 8.71. The zero-order valence-electron chi connectivity index (χ0n) is 9.81. The Morgan fingerprint density at radius 3 is 2.56 bits per heavy atom. The first-order valence-corrected chi connectivity index (χ1v) is 5.26. The van der Waals surface area contributed by atoms with Crippen molar-refractivity contribution in [2.24, 2.45) is 5.73 Å². The predicted octanol–water partition coefficient (Wildman–Crippen LogP) is 1.77. The van der Waals surface area contributed by atoms with E-state index < -0.39 is 5.54 Å². The van der Waals surface area contributed by atoms with Crippen LogP contribution < -0.4 is 5.73 Å². The minimum atomic E-state index is -0.453. The number of aryl methyl sites for hydroxylation is 1. The molecule has 0 unspecified atom stereocenters. The number of hydrogen-bond donors (Lipinski definition) is 1. The third-order valence-electron chi connectivity index (χ3n) is 2.55. The Bertz CT molecular complexity index is 494. The van der Waals surface area contributed by atoms with E-state index in [1.54, 1.807) is 10.9 Å². The lowest BCUT2D eigenvalue weighted by Gasteiger charge is -2.19. The average Bonchev–Trinajstić information content (AvgIpc) is 2.66. The van der Waals surface area contributed by atoms with Crippen LogP contribution in [-0.4, -0.2) is 15.0 Å². The molecule has 0 radical (unpaired) electrons. The van der Waals surface area contributed by atoms with Gasteiger partial charge in [-0.05, 0) is 32.4 Å². The molecule has 1 heterocycles. The van der Waals surface area contributed by atoms with E-state index in [2.05, 4.69) is 10.3 Å². The number of nitrogens with zero attached hydrogens (tertiary/aromatic N) is 3. The van der Waals surface area contributed by atoms with Crippen molar-refractivity contribution >= 4 is 0 Å². The van der Waals surface area contributed by atoms with Crippen LogP contribution in [-0.2, 0) is 5.54 Å². The van der Waals surface area contributed by atoms with Gasteiger partial charge >= 0.3 is 0 Å². The van der Waals surface area contributed by atoms with E-state index in [1.165, 1.54) is 0 Å². The van der Waals surface area contributed by atoms with Gasteiger partial charge in [0, 0.05) is 0 Å². The summed E-state index contributed by atoms with van der Waals surface area (Å²) in [4.78, 5) is 0. The van der Waals surface area contributed by atoms with Crippen LogP contribution in [0.3, 0.4) is 0 Å². The minimum absolute atomic E-state index is 0.453. The maximum absolute atomic E-state index is 6.09. The van der Waals surface area contributed by atoms with Gasteiger partial charge in [0.1, 0.15) is 0 Å². The second-order valence-corrected chi connectivity index (χ2v) is 4.54. The fourth-order valence-electron chi connectivity index (χ4n) is 1.65. The molecule has 0 fully saturated rings. The van der Waals surface area contributed by atoms with E-state index in [0.717, 1.165) is 16.9 Å². The molecule has 0 spiro atoms. The third kappa shape index (κ3) is 1.84. The molecule has 4 heteroatoms. The van der Waals surface area contributed by atoms with E-state index in [-0.39, 0.29) is 0 Å². The summed E-state index contributed by atoms with van der Waals surface area (Å²) in [5, 5.41) is 8.04. The van der Waals surface area contributed by atoms with Crippen molar-refractivity contribution in [1.82, 2.24) is 15.0 Å². The van der Waals surface area contributed by atoms with Crippen molar-refractivity contribution in [3.05, 3.63) is 41.7 Å². The number of aromatic nitrogens is 3. The van der Waals surface area contributed by atoms with Crippen molar-refractivity contribution in [3.8, 4) is 5.69 Å². The molecule has 84 valence electrons. The summed E-state index contributed by atoms with van der Waals surface area (Å²) in [6.07, 6.45) is 1.71. The molecule has 1 aromatic carbocycles. The molecule has 2 N–H and O–H groups in total. The van der Waals surface area contributed by atoms with Gasteiger partial charge in [-0.3, -0.25) is 0 Å². The number of hydrogen-bond acceptors (Lipinski definition) is 3. The highest BCUT2D eigenvalue weighted by Crippen LogP contribution is 2.20. The lowest BCUT2D eigenvalue weighted by atomic mass is 10.0. The van der Waals surface area contributed by atoms with E-state index in [4.69, 9.17) is 5.73 Å². The quantitative estimate of drug-likeness (QED) is 0.832. The lowest BCUT2D eigenvalue weighted by Crippen LogP contribution is -2.31. The lowest BCUT2D eigenvalue weighted by molar-refractivity contribution is 0.513. The first-order valence-electron chi connectivity index (χ1n) is 5.26. The normalized spacial score (nSPS) is 11.8. The molecule has 0 aliphatic rings. The van der Waals surface area contributed by atoms with Gasteiger partial charge in [0.15, 0.2) is 0 Å². The van der Waals surface area contributed by atoms with Crippen molar-refractivity contribution in [2.75, 3.05) is 0 Å². The minimum Gasteiger partial charge on any atom is -0.321 e. The Kier molecular flexibility index (Phi) is 2.52. The number of rotatable bonds is 2.